The van der Waals surface area contributed by atoms with Crippen LogP contribution in [0.5, 0.6) is 0 Å². The molecule has 0 aliphatic heterocycles. The Morgan fingerprint density at radius 1 is 1.54 bits per heavy atom. The third-order valence-electron chi connectivity index (χ3n) is 1.95. The highest BCUT2D eigenvalue weighted by atomic mass is 14.6. The maximum Gasteiger partial charge on any atom is 0.0277 e. The minimum Gasteiger partial charge on any atom is -0.296 e. The highest BCUT2D eigenvalue weighted by Gasteiger charge is 1.99. The van der Waals surface area contributed by atoms with Crippen molar-refractivity contribution in [1.82, 2.24) is 0 Å². The lowest BCUT2D eigenvalue weighted by atomic mass is 9.99. The van der Waals surface area contributed by atoms with Crippen LogP contribution in [0.3, 0.4) is 0 Å². The van der Waals surface area contributed by atoms with Gasteiger partial charge in [0.2, 0.25) is 0 Å². The summed E-state index contributed by atoms with van der Waals surface area (Å²) >= 11 is 0. The highest BCUT2D eigenvalue weighted by Crippen LogP contribution is 2.18. The Kier molecular flexibility index (Phi) is 3.97. The average Bonchev–Trinajstić information content (AvgIpc) is 2.21. The van der Waals surface area contributed by atoms with Gasteiger partial charge in [-0.15, -0.1) is 0 Å². The molecule has 0 heterocycles. The summed E-state index contributed by atoms with van der Waals surface area (Å²) in [4.78, 5) is 3.92. The van der Waals surface area contributed by atoms with Crippen molar-refractivity contribution in [2.24, 2.45) is 4.99 Å². The molecule has 1 rings (SSSR count). The number of hydrogen-bond donors (Lipinski definition) is 0. The fourth-order valence-electron chi connectivity index (χ4n) is 1.26. The van der Waals surface area contributed by atoms with Crippen LogP contribution in [0.4, 0.5) is 0 Å². The second kappa shape index (κ2) is 5.31. The Morgan fingerprint density at radius 2 is 2.38 bits per heavy atom. The monoisotopic (exact) mass is 173 g/mol. The second-order valence-corrected chi connectivity index (χ2v) is 2.87. The quantitative estimate of drug-likeness (QED) is 0.459. The van der Waals surface area contributed by atoms with E-state index in [0.29, 0.717) is 0 Å². The molecule has 13 heavy (non-hydrogen) atoms. The van der Waals surface area contributed by atoms with Gasteiger partial charge in [0.25, 0.3) is 0 Å². The summed E-state index contributed by atoms with van der Waals surface area (Å²) in [6, 6.07) is 0. The van der Waals surface area contributed by atoms with Crippen LogP contribution in [0.1, 0.15) is 12.8 Å². The normalized spacial score (nSPS) is 17.6. The van der Waals surface area contributed by atoms with Crippen molar-refractivity contribution < 1.29 is 0 Å². The van der Waals surface area contributed by atoms with Gasteiger partial charge in [-0.25, -0.2) is 0 Å². The summed E-state index contributed by atoms with van der Waals surface area (Å²) in [7, 11) is 1.77. The van der Waals surface area contributed by atoms with E-state index in [-0.39, 0.29) is 0 Å². The predicted octanol–water partition coefficient (Wildman–Crippen LogP) is 3.08. The van der Waals surface area contributed by atoms with Crippen molar-refractivity contribution in [3.05, 3.63) is 48.1 Å². The van der Waals surface area contributed by atoms with E-state index in [1.54, 1.807) is 13.3 Å². The Bertz CT molecular complexity index is 290. The first kappa shape index (κ1) is 9.72. The SMILES string of the molecule is C=C/C(=C\C=NC)C1=CCCC=C1. The van der Waals surface area contributed by atoms with Gasteiger partial charge in [-0.05, 0) is 30.1 Å². The molecule has 0 saturated heterocycles. The second-order valence-electron chi connectivity index (χ2n) is 2.87. The predicted molar refractivity (Wildman–Crippen MR) is 59.2 cm³/mol. The molecule has 0 aromatic carbocycles. The van der Waals surface area contributed by atoms with E-state index in [2.05, 4.69) is 29.8 Å². The van der Waals surface area contributed by atoms with Crippen LogP contribution in [0.15, 0.2) is 53.1 Å². The van der Waals surface area contributed by atoms with Gasteiger partial charge in [-0.2, -0.15) is 0 Å². The van der Waals surface area contributed by atoms with Gasteiger partial charge in [0.1, 0.15) is 0 Å². The number of nitrogens with zero attached hydrogens (tertiary/aromatic N) is 1. The molecule has 0 N–H and O–H groups in total. The number of allylic oxidation sites excluding steroid dienone is 7. The Morgan fingerprint density at radius 3 is 2.92 bits per heavy atom. The fraction of sp³-hybridized carbons (Fsp3) is 0.250. The van der Waals surface area contributed by atoms with Crippen molar-refractivity contribution in [2.45, 2.75) is 12.8 Å². The zero-order valence-corrected chi connectivity index (χ0v) is 8.03. The summed E-state index contributed by atoms with van der Waals surface area (Å²) in [5.74, 6) is 0. The smallest absolute Gasteiger partial charge is 0.0277 e. The van der Waals surface area contributed by atoms with Gasteiger partial charge in [-0.3, -0.25) is 4.99 Å². The summed E-state index contributed by atoms with van der Waals surface area (Å²) < 4.78 is 0. The van der Waals surface area contributed by atoms with Crippen LogP contribution in [-0.4, -0.2) is 13.3 Å². The molecular weight excluding hydrogens is 158 g/mol. The summed E-state index contributed by atoms with van der Waals surface area (Å²) in [5, 5.41) is 0. The highest BCUT2D eigenvalue weighted by molar-refractivity contribution is 5.75. The van der Waals surface area contributed by atoms with Crippen LogP contribution in [0, 0.1) is 0 Å². The van der Waals surface area contributed by atoms with Gasteiger partial charge in [0, 0.05) is 13.3 Å². The molecule has 0 unspecified atom stereocenters. The minimum absolute atomic E-state index is 1.13. The van der Waals surface area contributed by atoms with Crippen LogP contribution < -0.4 is 0 Å². The molecule has 1 heteroatoms. The number of aliphatic imine (C=N–C) groups is 1. The van der Waals surface area contributed by atoms with Gasteiger partial charge in [0.05, 0.1) is 0 Å². The van der Waals surface area contributed by atoms with Crippen LogP contribution in [-0.2, 0) is 0 Å². The van der Waals surface area contributed by atoms with Gasteiger partial charge in [0.15, 0.2) is 0 Å². The van der Waals surface area contributed by atoms with Gasteiger partial charge >= 0.3 is 0 Å². The van der Waals surface area contributed by atoms with E-state index < -0.39 is 0 Å². The van der Waals surface area contributed by atoms with Crippen molar-refractivity contribution >= 4 is 6.21 Å². The Hall–Kier alpha value is -1.37. The lowest BCUT2D eigenvalue weighted by molar-refractivity contribution is 1.02. The zero-order chi connectivity index (χ0) is 9.52. The first-order valence-electron chi connectivity index (χ1n) is 4.50. The van der Waals surface area contributed by atoms with Crippen molar-refractivity contribution in [3.8, 4) is 0 Å². The summed E-state index contributed by atoms with van der Waals surface area (Å²) in [6.07, 6.45) is 14.5. The number of hydrogen-bond acceptors (Lipinski definition) is 1. The molecule has 0 bridgehead atoms. The molecule has 0 saturated carbocycles. The molecule has 68 valence electrons. The molecule has 0 spiro atoms. The molecule has 0 fully saturated rings. The first-order chi connectivity index (χ1) is 6.38. The molecule has 0 atom stereocenters. The van der Waals surface area contributed by atoms with E-state index in [1.807, 2.05) is 12.2 Å². The Balaban J connectivity index is 2.82. The fourth-order valence-corrected chi connectivity index (χ4v) is 1.26. The zero-order valence-electron chi connectivity index (χ0n) is 8.03. The van der Waals surface area contributed by atoms with Gasteiger partial charge in [-0.1, -0.05) is 30.9 Å². The maximum atomic E-state index is 3.92. The van der Waals surface area contributed by atoms with Gasteiger partial charge < -0.3 is 0 Å². The molecule has 1 nitrogen and oxygen atoms in total. The topological polar surface area (TPSA) is 12.4 Å². The Labute approximate surface area is 79.9 Å². The molecule has 0 aromatic heterocycles. The molecule has 1 aliphatic rings. The molecule has 0 amide bonds. The maximum absolute atomic E-state index is 3.92. The van der Waals surface area contributed by atoms with E-state index in [1.165, 1.54) is 5.57 Å². The minimum atomic E-state index is 1.13. The van der Waals surface area contributed by atoms with E-state index in [4.69, 9.17) is 0 Å². The third-order valence-corrected chi connectivity index (χ3v) is 1.95. The number of rotatable bonds is 3. The van der Waals surface area contributed by atoms with Crippen LogP contribution in [0.25, 0.3) is 0 Å². The lowest BCUT2D eigenvalue weighted by Crippen LogP contribution is -1.88. The van der Waals surface area contributed by atoms with Crippen molar-refractivity contribution in [1.29, 1.82) is 0 Å². The average molecular weight is 173 g/mol. The lowest BCUT2D eigenvalue weighted by Gasteiger charge is -2.06. The van der Waals surface area contributed by atoms with E-state index in [9.17, 15) is 0 Å². The molecule has 1 aliphatic carbocycles. The van der Waals surface area contributed by atoms with Crippen molar-refractivity contribution in [3.63, 3.8) is 0 Å². The standard InChI is InChI=1S/C12H15N/c1-3-11(9-10-13-2)12-7-5-4-6-8-12/h3,5,7-10H,1,4,6H2,2H3/b11-9+,13-10?. The van der Waals surface area contributed by atoms with E-state index >= 15 is 0 Å². The third kappa shape index (κ3) is 2.86. The molecule has 0 aromatic rings. The van der Waals surface area contributed by atoms with Crippen molar-refractivity contribution in [2.75, 3.05) is 7.05 Å². The summed E-state index contributed by atoms with van der Waals surface area (Å²) in [5.41, 5.74) is 2.39. The van der Waals surface area contributed by atoms with E-state index in [0.717, 1.165) is 18.4 Å². The van der Waals surface area contributed by atoms with Crippen LogP contribution >= 0.6 is 0 Å². The van der Waals surface area contributed by atoms with Crippen LogP contribution in [0.2, 0.25) is 0 Å². The molecular formula is C12H15N. The first-order valence-corrected chi connectivity index (χ1v) is 4.50. The molecule has 0 radical (unpaired) electrons. The summed E-state index contributed by atoms with van der Waals surface area (Å²) in [6.45, 7) is 3.78. The largest absolute Gasteiger partial charge is 0.296 e.